The summed E-state index contributed by atoms with van der Waals surface area (Å²) in [5.41, 5.74) is 8.47. The van der Waals surface area contributed by atoms with Crippen molar-refractivity contribution in [3.05, 3.63) is 52.0 Å². The molecule has 0 radical (unpaired) electrons. The predicted octanol–water partition coefficient (Wildman–Crippen LogP) is 3.67. The SMILES string of the molecule is Cc1cc(F)c(Br)cc1Nc1ccnc(C(N)=S)c1. The minimum atomic E-state index is -0.290. The zero-order chi connectivity index (χ0) is 14.0. The molecule has 0 saturated heterocycles. The van der Waals surface area contributed by atoms with E-state index >= 15 is 0 Å². The number of anilines is 2. The van der Waals surface area contributed by atoms with Gasteiger partial charge in [0, 0.05) is 17.6 Å². The van der Waals surface area contributed by atoms with Gasteiger partial charge < -0.3 is 11.1 Å². The van der Waals surface area contributed by atoms with Crippen LogP contribution in [0.5, 0.6) is 0 Å². The van der Waals surface area contributed by atoms with E-state index in [0.29, 0.717) is 10.2 Å². The summed E-state index contributed by atoms with van der Waals surface area (Å²) < 4.78 is 13.8. The Morgan fingerprint density at radius 2 is 2.16 bits per heavy atom. The maximum atomic E-state index is 13.3. The van der Waals surface area contributed by atoms with E-state index in [9.17, 15) is 4.39 Å². The number of nitrogens with zero attached hydrogens (tertiary/aromatic N) is 1. The minimum absolute atomic E-state index is 0.237. The van der Waals surface area contributed by atoms with Gasteiger partial charge in [-0.15, -0.1) is 0 Å². The Balaban J connectivity index is 2.33. The van der Waals surface area contributed by atoms with Gasteiger partial charge in [0.2, 0.25) is 0 Å². The highest BCUT2D eigenvalue weighted by atomic mass is 79.9. The highest BCUT2D eigenvalue weighted by Crippen LogP contribution is 2.27. The zero-order valence-electron chi connectivity index (χ0n) is 10.1. The molecule has 1 heterocycles. The standard InChI is InChI=1S/C13H11BrFN3S/c1-7-4-10(15)9(14)6-11(7)18-8-2-3-17-12(5-8)13(16)19/h2-6H,1H3,(H2,16,19)(H,17,18). The molecular formula is C13H11BrFN3S. The zero-order valence-corrected chi connectivity index (χ0v) is 12.5. The number of hydrogen-bond donors (Lipinski definition) is 2. The molecule has 0 atom stereocenters. The number of thiocarbonyl (C=S) groups is 1. The third-order valence-corrected chi connectivity index (χ3v) is 3.38. The van der Waals surface area contributed by atoms with Crippen molar-refractivity contribution >= 4 is 44.5 Å². The van der Waals surface area contributed by atoms with Gasteiger partial charge >= 0.3 is 0 Å². The summed E-state index contributed by atoms with van der Waals surface area (Å²) in [6.45, 7) is 1.83. The quantitative estimate of drug-likeness (QED) is 0.837. The fourth-order valence-corrected chi connectivity index (χ4v) is 2.03. The maximum Gasteiger partial charge on any atom is 0.137 e. The molecule has 0 spiro atoms. The normalized spacial score (nSPS) is 10.3. The summed E-state index contributed by atoms with van der Waals surface area (Å²) in [5, 5.41) is 3.18. The molecule has 0 aliphatic rings. The summed E-state index contributed by atoms with van der Waals surface area (Å²) in [6, 6.07) is 6.69. The molecule has 3 nitrogen and oxygen atoms in total. The van der Waals surface area contributed by atoms with Crippen LogP contribution in [0.2, 0.25) is 0 Å². The van der Waals surface area contributed by atoms with Crippen LogP contribution in [0.25, 0.3) is 0 Å². The van der Waals surface area contributed by atoms with E-state index in [4.69, 9.17) is 18.0 Å². The van der Waals surface area contributed by atoms with Gasteiger partial charge in [0.25, 0.3) is 0 Å². The van der Waals surface area contributed by atoms with Crippen LogP contribution in [0.4, 0.5) is 15.8 Å². The molecule has 0 aliphatic heterocycles. The van der Waals surface area contributed by atoms with Crippen molar-refractivity contribution in [3.63, 3.8) is 0 Å². The Labute approximate surface area is 124 Å². The van der Waals surface area contributed by atoms with Crippen molar-refractivity contribution in [2.75, 3.05) is 5.32 Å². The fraction of sp³-hybridized carbons (Fsp3) is 0.0769. The maximum absolute atomic E-state index is 13.3. The monoisotopic (exact) mass is 339 g/mol. The van der Waals surface area contributed by atoms with Crippen molar-refractivity contribution in [2.24, 2.45) is 5.73 Å². The van der Waals surface area contributed by atoms with E-state index in [0.717, 1.165) is 16.9 Å². The first-order valence-corrected chi connectivity index (χ1v) is 6.66. The lowest BCUT2D eigenvalue weighted by Crippen LogP contribution is -2.11. The highest BCUT2D eigenvalue weighted by Gasteiger charge is 2.06. The molecule has 19 heavy (non-hydrogen) atoms. The second-order valence-corrected chi connectivity index (χ2v) is 5.29. The molecule has 0 bridgehead atoms. The molecule has 0 unspecified atom stereocenters. The van der Waals surface area contributed by atoms with Gasteiger partial charge in [0.1, 0.15) is 10.8 Å². The van der Waals surface area contributed by atoms with E-state index in [1.54, 1.807) is 24.4 Å². The van der Waals surface area contributed by atoms with Gasteiger partial charge in [-0.25, -0.2) is 4.39 Å². The Morgan fingerprint density at radius 1 is 1.42 bits per heavy atom. The summed E-state index contributed by atoms with van der Waals surface area (Å²) in [4.78, 5) is 4.30. The van der Waals surface area contributed by atoms with E-state index in [1.165, 1.54) is 6.07 Å². The van der Waals surface area contributed by atoms with Crippen LogP contribution >= 0.6 is 28.1 Å². The second kappa shape index (κ2) is 5.63. The summed E-state index contributed by atoms with van der Waals surface area (Å²) >= 11 is 8.04. The molecule has 3 N–H and O–H groups in total. The largest absolute Gasteiger partial charge is 0.388 e. The third kappa shape index (κ3) is 3.27. The number of aryl methyl sites for hydroxylation is 1. The highest BCUT2D eigenvalue weighted by molar-refractivity contribution is 9.10. The molecule has 1 aromatic heterocycles. The van der Waals surface area contributed by atoms with Gasteiger partial charge in [0.05, 0.1) is 10.2 Å². The molecular weight excluding hydrogens is 329 g/mol. The molecule has 0 saturated carbocycles. The Kier molecular flexibility index (Phi) is 4.11. The lowest BCUT2D eigenvalue weighted by molar-refractivity contribution is 0.620. The molecule has 1 aromatic carbocycles. The minimum Gasteiger partial charge on any atom is -0.388 e. The number of nitrogens with one attached hydrogen (secondary N) is 1. The number of hydrogen-bond acceptors (Lipinski definition) is 3. The summed E-state index contributed by atoms with van der Waals surface area (Å²) in [7, 11) is 0. The van der Waals surface area contributed by atoms with E-state index in [-0.39, 0.29) is 10.8 Å². The van der Waals surface area contributed by atoms with Gasteiger partial charge in [-0.1, -0.05) is 12.2 Å². The van der Waals surface area contributed by atoms with Crippen LogP contribution in [-0.4, -0.2) is 9.97 Å². The molecule has 0 aliphatic carbocycles. The molecule has 2 rings (SSSR count). The van der Waals surface area contributed by atoms with Crippen molar-refractivity contribution in [1.29, 1.82) is 0 Å². The number of aromatic nitrogens is 1. The van der Waals surface area contributed by atoms with Gasteiger partial charge in [-0.3, -0.25) is 4.98 Å². The van der Waals surface area contributed by atoms with Crippen molar-refractivity contribution in [3.8, 4) is 0 Å². The Bertz CT molecular complexity index is 646. The molecule has 0 amide bonds. The van der Waals surface area contributed by atoms with Gasteiger partial charge in [0.15, 0.2) is 0 Å². The molecule has 2 aromatic rings. The van der Waals surface area contributed by atoms with E-state index in [2.05, 4.69) is 26.2 Å². The molecule has 98 valence electrons. The Hall–Kier alpha value is -1.53. The molecule has 6 heteroatoms. The van der Waals surface area contributed by atoms with Crippen LogP contribution in [0.1, 0.15) is 11.3 Å². The Morgan fingerprint density at radius 3 is 2.84 bits per heavy atom. The average Bonchev–Trinajstić information content (AvgIpc) is 2.36. The third-order valence-electron chi connectivity index (χ3n) is 2.56. The number of halogens is 2. The van der Waals surface area contributed by atoms with Crippen LogP contribution in [-0.2, 0) is 0 Å². The second-order valence-electron chi connectivity index (χ2n) is 4.00. The van der Waals surface area contributed by atoms with Gasteiger partial charge in [-0.2, -0.15) is 0 Å². The van der Waals surface area contributed by atoms with Crippen molar-refractivity contribution in [1.82, 2.24) is 4.98 Å². The fourth-order valence-electron chi connectivity index (χ4n) is 1.58. The lowest BCUT2D eigenvalue weighted by atomic mass is 10.2. The van der Waals surface area contributed by atoms with Gasteiger partial charge in [-0.05, 0) is 52.7 Å². The van der Waals surface area contributed by atoms with Crippen molar-refractivity contribution < 1.29 is 4.39 Å². The summed E-state index contributed by atoms with van der Waals surface area (Å²) in [5.74, 6) is -0.290. The number of nitrogens with two attached hydrogens (primary N) is 1. The van der Waals surface area contributed by atoms with Crippen LogP contribution in [0.3, 0.4) is 0 Å². The van der Waals surface area contributed by atoms with Crippen molar-refractivity contribution in [2.45, 2.75) is 6.92 Å². The smallest absolute Gasteiger partial charge is 0.137 e. The van der Waals surface area contributed by atoms with Crippen LogP contribution in [0, 0.1) is 12.7 Å². The number of rotatable bonds is 3. The van der Waals surface area contributed by atoms with E-state index < -0.39 is 0 Å². The predicted molar refractivity (Wildman–Crippen MR) is 82.2 cm³/mol. The molecule has 0 fully saturated rings. The van der Waals surface area contributed by atoms with Crippen LogP contribution < -0.4 is 11.1 Å². The first kappa shape index (κ1) is 13.9. The number of benzene rings is 1. The first-order valence-electron chi connectivity index (χ1n) is 5.46. The lowest BCUT2D eigenvalue weighted by Gasteiger charge is -2.11. The van der Waals surface area contributed by atoms with Crippen LogP contribution in [0.15, 0.2) is 34.9 Å². The topological polar surface area (TPSA) is 50.9 Å². The number of pyridine rings is 1. The van der Waals surface area contributed by atoms with E-state index in [1.807, 2.05) is 6.92 Å². The first-order chi connectivity index (χ1) is 8.97. The average molecular weight is 340 g/mol. The summed E-state index contributed by atoms with van der Waals surface area (Å²) in [6.07, 6.45) is 1.62.